The molecule has 0 aromatic heterocycles. The van der Waals surface area contributed by atoms with E-state index < -0.39 is 0 Å². The van der Waals surface area contributed by atoms with Gasteiger partial charge in [0.05, 0.1) is 12.5 Å². The summed E-state index contributed by atoms with van der Waals surface area (Å²) in [5, 5.41) is -0.194. The monoisotopic (exact) mass is 244 g/mol. The Labute approximate surface area is 102 Å². The van der Waals surface area contributed by atoms with Crippen LogP contribution in [0.25, 0.3) is 0 Å². The molecule has 0 spiro atoms. The van der Waals surface area contributed by atoms with E-state index in [4.69, 9.17) is 16.3 Å². The summed E-state index contributed by atoms with van der Waals surface area (Å²) in [4.78, 5) is 0. The van der Waals surface area contributed by atoms with Crippen molar-refractivity contribution in [3.05, 3.63) is 29.6 Å². The van der Waals surface area contributed by atoms with Gasteiger partial charge in [-0.3, -0.25) is 0 Å². The fourth-order valence-electron chi connectivity index (χ4n) is 1.88. The molecule has 0 fully saturated rings. The smallest absolute Gasteiger partial charge is 0.123 e. The number of ether oxygens (including phenoxy) is 1. The molecule has 0 heterocycles. The summed E-state index contributed by atoms with van der Waals surface area (Å²) in [6.07, 6.45) is 1.95. The number of rotatable bonds is 5. The van der Waals surface area contributed by atoms with E-state index in [1.807, 2.05) is 0 Å². The lowest BCUT2D eigenvalue weighted by Gasteiger charge is -2.21. The Balaban J connectivity index is 3.04. The highest BCUT2D eigenvalue weighted by molar-refractivity contribution is 6.21. The number of hydrogen-bond donors (Lipinski definition) is 0. The zero-order chi connectivity index (χ0) is 12.1. The topological polar surface area (TPSA) is 9.23 Å². The lowest BCUT2D eigenvalue weighted by molar-refractivity contribution is 0.396. The van der Waals surface area contributed by atoms with Crippen molar-refractivity contribution in [1.82, 2.24) is 0 Å². The quantitative estimate of drug-likeness (QED) is 0.691. The van der Waals surface area contributed by atoms with Crippen LogP contribution in [0.4, 0.5) is 4.39 Å². The average molecular weight is 245 g/mol. The summed E-state index contributed by atoms with van der Waals surface area (Å²) in [7, 11) is 1.58. The molecule has 0 aliphatic heterocycles. The molecule has 16 heavy (non-hydrogen) atoms. The largest absolute Gasteiger partial charge is 0.496 e. The predicted octanol–water partition coefficient (Wildman–Crippen LogP) is 4.55. The molecule has 1 atom stereocenters. The van der Waals surface area contributed by atoms with Crippen LogP contribution in [0.5, 0.6) is 5.75 Å². The maximum atomic E-state index is 13.2. The van der Waals surface area contributed by atoms with E-state index in [1.165, 1.54) is 12.1 Å². The first-order valence-corrected chi connectivity index (χ1v) is 6.05. The third kappa shape index (κ3) is 2.88. The van der Waals surface area contributed by atoms with Gasteiger partial charge in [0.25, 0.3) is 0 Å². The van der Waals surface area contributed by atoms with Crippen molar-refractivity contribution < 1.29 is 9.13 Å². The van der Waals surface area contributed by atoms with E-state index in [9.17, 15) is 4.39 Å². The molecule has 0 aliphatic rings. The van der Waals surface area contributed by atoms with Crippen LogP contribution in [0, 0.1) is 11.7 Å². The Hall–Kier alpha value is -0.760. The standard InChI is InChI=1S/C13H18ClFO/c1-4-9(5-2)13(14)11-8-10(15)6-7-12(11)16-3/h6-9,13H,4-5H2,1-3H3. The summed E-state index contributed by atoms with van der Waals surface area (Å²) >= 11 is 6.38. The van der Waals surface area contributed by atoms with Crippen LogP contribution in [0.1, 0.15) is 37.6 Å². The molecule has 1 nitrogen and oxygen atoms in total. The molecule has 0 saturated heterocycles. The molecule has 1 unspecified atom stereocenters. The second-order valence-corrected chi connectivity index (χ2v) is 4.33. The Morgan fingerprint density at radius 2 is 1.94 bits per heavy atom. The van der Waals surface area contributed by atoms with Crippen LogP contribution in [0.15, 0.2) is 18.2 Å². The number of methoxy groups -OCH3 is 1. The number of alkyl halides is 1. The molecule has 90 valence electrons. The molecular weight excluding hydrogens is 227 g/mol. The lowest BCUT2D eigenvalue weighted by atomic mass is 9.93. The van der Waals surface area contributed by atoms with Crippen molar-refractivity contribution in [2.75, 3.05) is 7.11 Å². The highest BCUT2D eigenvalue weighted by Crippen LogP contribution is 2.38. The van der Waals surface area contributed by atoms with Gasteiger partial charge in [-0.1, -0.05) is 26.7 Å². The zero-order valence-electron chi connectivity index (χ0n) is 9.97. The Morgan fingerprint density at radius 3 is 2.44 bits per heavy atom. The van der Waals surface area contributed by atoms with E-state index in [0.29, 0.717) is 11.7 Å². The molecule has 1 aromatic carbocycles. The molecule has 0 N–H and O–H groups in total. The summed E-state index contributed by atoms with van der Waals surface area (Å²) in [5.74, 6) is 0.734. The number of benzene rings is 1. The van der Waals surface area contributed by atoms with Crippen molar-refractivity contribution in [3.8, 4) is 5.75 Å². The van der Waals surface area contributed by atoms with Crippen molar-refractivity contribution >= 4 is 11.6 Å². The van der Waals surface area contributed by atoms with E-state index in [0.717, 1.165) is 18.4 Å². The number of hydrogen-bond acceptors (Lipinski definition) is 1. The average Bonchev–Trinajstić information content (AvgIpc) is 2.30. The van der Waals surface area contributed by atoms with E-state index in [-0.39, 0.29) is 11.2 Å². The Bertz CT molecular complexity index is 337. The van der Waals surface area contributed by atoms with Gasteiger partial charge < -0.3 is 4.74 Å². The highest BCUT2D eigenvalue weighted by atomic mass is 35.5. The zero-order valence-corrected chi connectivity index (χ0v) is 10.7. The SMILES string of the molecule is CCC(CC)C(Cl)c1cc(F)ccc1OC. The number of halogens is 2. The second kappa shape index (κ2) is 6.09. The molecule has 1 rings (SSSR count). The third-order valence-electron chi connectivity index (χ3n) is 2.95. The van der Waals surface area contributed by atoms with E-state index in [2.05, 4.69) is 13.8 Å². The normalized spacial score (nSPS) is 12.9. The molecule has 1 aromatic rings. The molecule has 0 aliphatic carbocycles. The first-order chi connectivity index (χ1) is 7.63. The highest BCUT2D eigenvalue weighted by Gasteiger charge is 2.21. The van der Waals surface area contributed by atoms with Gasteiger partial charge in [-0.2, -0.15) is 0 Å². The Kier molecular flexibility index (Phi) is 5.07. The molecule has 0 amide bonds. The molecule has 3 heteroatoms. The molecular formula is C13H18ClFO. The van der Waals surface area contributed by atoms with Crippen molar-refractivity contribution in [2.45, 2.75) is 32.1 Å². The first kappa shape index (κ1) is 13.3. The maximum absolute atomic E-state index is 13.2. The van der Waals surface area contributed by atoms with Crippen LogP contribution in [-0.4, -0.2) is 7.11 Å². The van der Waals surface area contributed by atoms with Crippen LogP contribution in [0.3, 0.4) is 0 Å². The summed E-state index contributed by atoms with van der Waals surface area (Å²) in [6.45, 7) is 4.19. The van der Waals surface area contributed by atoms with Gasteiger partial charge in [0.2, 0.25) is 0 Å². The summed E-state index contributed by atoms with van der Waals surface area (Å²) in [6, 6.07) is 4.48. The van der Waals surface area contributed by atoms with Gasteiger partial charge >= 0.3 is 0 Å². The third-order valence-corrected chi connectivity index (χ3v) is 3.54. The fourth-order valence-corrected chi connectivity index (χ4v) is 2.40. The van der Waals surface area contributed by atoms with Gasteiger partial charge in [0.15, 0.2) is 0 Å². The summed E-state index contributed by atoms with van der Waals surface area (Å²) < 4.78 is 18.4. The minimum Gasteiger partial charge on any atom is -0.496 e. The fraction of sp³-hybridized carbons (Fsp3) is 0.538. The van der Waals surface area contributed by atoms with Crippen LogP contribution < -0.4 is 4.74 Å². The summed E-state index contributed by atoms with van der Waals surface area (Å²) in [5.41, 5.74) is 0.748. The van der Waals surface area contributed by atoms with Gasteiger partial charge in [0.1, 0.15) is 11.6 Å². The van der Waals surface area contributed by atoms with E-state index >= 15 is 0 Å². The first-order valence-electron chi connectivity index (χ1n) is 5.61. The molecule has 0 bridgehead atoms. The van der Waals surface area contributed by atoms with Crippen LogP contribution in [-0.2, 0) is 0 Å². The van der Waals surface area contributed by atoms with Gasteiger partial charge in [0, 0.05) is 5.56 Å². The van der Waals surface area contributed by atoms with Gasteiger partial charge in [-0.25, -0.2) is 4.39 Å². The van der Waals surface area contributed by atoms with Crippen molar-refractivity contribution in [1.29, 1.82) is 0 Å². The minimum atomic E-state index is -0.271. The Morgan fingerprint density at radius 1 is 1.31 bits per heavy atom. The second-order valence-electron chi connectivity index (χ2n) is 3.86. The van der Waals surface area contributed by atoms with E-state index in [1.54, 1.807) is 13.2 Å². The van der Waals surface area contributed by atoms with Gasteiger partial charge in [-0.05, 0) is 24.1 Å². The molecule has 0 radical (unpaired) electrons. The lowest BCUT2D eigenvalue weighted by Crippen LogP contribution is -2.07. The van der Waals surface area contributed by atoms with Crippen LogP contribution >= 0.6 is 11.6 Å². The van der Waals surface area contributed by atoms with Crippen molar-refractivity contribution in [3.63, 3.8) is 0 Å². The van der Waals surface area contributed by atoms with Crippen LogP contribution in [0.2, 0.25) is 0 Å². The molecule has 0 saturated carbocycles. The minimum absolute atomic E-state index is 0.194. The van der Waals surface area contributed by atoms with Crippen molar-refractivity contribution in [2.24, 2.45) is 5.92 Å². The maximum Gasteiger partial charge on any atom is 0.123 e. The predicted molar refractivity (Wildman–Crippen MR) is 65.6 cm³/mol. The van der Waals surface area contributed by atoms with Gasteiger partial charge in [-0.15, -0.1) is 11.6 Å².